The Bertz CT molecular complexity index is 372. The van der Waals surface area contributed by atoms with Crippen LogP contribution >= 0.6 is 39.0 Å². The molecular formula is C10H14BrN3S2. The van der Waals surface area contributed by atoms with E-state index in [1.165, 1.54) is 4.88 Å². The molecule has 0 aromatic carbocycles. The fourth-order valence-corrected chi connectivity index (χ4v) is 3.79. The van der Waals surface area contributed by atoms with Gasteiger partial charge < -0.3 is 10.6 Å². The van der Waals surface area contributed by atoms with Crippen molar-refractivity contribution in [2.24, 2.45) is 10.7 Å². The molecule has 0 aliphatic carbocycles. The van der Waals surface area contributed by atoms with Crippen molar-refractivity contribution >= 4 is 45.0 Å². The van der Waals surface area contributed by atoms with Gasteiger partial charge in [-0.25, -0.2) is 4.99 Å². The van der Waals surface area contributed by atoms with E-state index in [0.717, 1.165) is 29.1 Å². The Morgan fingerprint density at radius 2 is 2.25 bits per heavy atom. The number of halogens is 1. The Labute approximate surface area is 112 Å². The quantitative estimate of drug-likeness (QED) is 0.672. The number of guanidine groups is 1. The van der Waals surface area contributed by atoms with Crippen LogP contribution in [-0.2, 0) is 6.54 Å². The van der Waals surface area contributed by atoms with Crippen molar-refractivity contribution in [2.45, 2.75) is 6.54 Å². The Balaban J connectivity index is 1.93. The second-order valence-corrected chi connectivity index (χ2v) is 6.55. The van der Waals surface area contributed by atoms with Gasteiger partial charge in [0.15, 0.2) is 5.96 Å². The van der Waals surface area contributed by atoms with Gasteiger partial charge in [-0.3, -0.25) is 0 Å². The number of nitrogens with zero attached hydrogens (tertiary/aromatic N) is 2. The number of thioether (sulfide) groups is 1. The SMILES string of the molecule is NC(=NCc1sccc1Br)N1CCSCC1. The summed E-state index contributed by atoms with van der Waals surface area (Å²) in [5.74, 6) is 2.98. The minimum Gasteiger partial charge on any atom is -0.370 e. The minimum atomic E-state index is 0.674. The predicted octanol–water partition coefficient (Wildman–Crippen LogP) is 2.37. The molecule has 1 saturated heterocycles. The van der Waals surface area contributed by atoms with E-state index in [4.69, 9.17) is 5.73 Å². The lowest BCUT2D eigenvalue weighted by Crippen LogP contribution is -2.42. The predicted molar refractivity (Wildman–Crippen MR) is 76.2 cm³/mol. The summed E-state index contributed by atoms with van der Waals surface area (Å²) < 4.78 is 1.13. The zero-order valence-electron chi connectivity index (χ0n) is 8.86. The van der Waals surface area contributed by atoms with Crippen molar-refractivity contribution in [1.82, 2.24) is 4.90 Å². The summed E-state index contributed by atoms with van der Waals surface area (Å²) in [6.45, 7) is 2.71. The first-order chi connectivity index (χ1) is 7.77. The molecule has 0 radical (unpaired) electrons. The third kappa shape index (κ3) is 3.15. The molecule has 1 aliphatic rings. The molecule has 6 heteroatoms. The van der Waals surface area contributed by atoms with Gasteiger partial charge in [0.25, 0.3) is 0 Å². The molecule has 2 N–H and O–H groups in total. The lowest BCUT2D eigenvalue weighted by Gasteiger charge is -2.27. The summed E-state index contributed by atoms with van der Waals surface area (Å²) in [5, 5.41) is 2.06. The Morgan fingerprint density at radius 1 is 1.50 bits per heavy atom. The van der Waals surface area contributed by atoms with Crippen molar-refractivity contribution in [3.63, 3.8) is 0 Å². The second-order valence-electron chi connectivity index (χ2n) is 3.47. The highest BCUT2D eigenvalue weighted by atomic mass is 79.9. The average Bonchev–Trinajstić information content (AvgIpc) is 2.73. The second kappa shape index (κ2) is 5.93. The number of rotatable bonds is 2. The third-order valence-electron chi connectivity index (χ3n) is 2.41. The van der Waals surface area contributed by atoms with E-state index in [2.05, 4.69) is 31.2 Å². The Kier molecular flexibility index (Phi) is 4.55. The molecular weight excluding hydrogens is 306 g/mol. The third-order valence-corrected chi connectivity index (χ3v) is 5.26. The molecule has 0 bridgehead atoms. The maximum atomic E-state index is 5.97. The van der Waals surface area contributed by atoms with Gasteiger partial charge in [0.1, 0.15) is 0 Å². The van der Waals surface area contributed by atoms with Gasteiger partial charge in [-0.05, 0) is 27.4 Å². The lowest BCUT2D eigenvalue weighted by atomic mass is 10.4. The molecule has 0 amide bonds. The Hall–Kier alpha value is -0.200. The molecule has 0 saturated carbocycles. The van der Waals surface area contributed by atoms with Gasteiger partial charge in [-0.2, -0.15) is 11.8 Å². The molecule has 88 valence electrons. The van der Waals surface area contributed by atoms with E-state index < -0.39 is 0 Å². The fraction of sp³-hybridized carbons (Fsp3) is 0.500. The van der Waals surface area contributed by atoms with E-state index in [1.54, 1.807) is 11.3 Å². The highest BCUT2D eigenvalue weighted by Crippen LogP contribution is 2.23. The van der Waals surface area contributed by atoms with Crippen LogP contribution in [0.4, 0.5) is 0 Å². The first-order valence-corrected chi connectivity index (χ1v) is 7.94. The van der Waals surface area contributed by atoms with Crippen molar-refractivity contribution < 1.29 is 0 Å². The number of hydrogen-bond donors (Lipinski definition) is 1. The summed E-state index contributed by atoms with van der Waals surface area (Å²) in [6, 6.07) is 2.04. The maximum absolute atomic E-state index is 5.97. The number of thiophene rings is 1. The molecule has 1 aromatic heterocycles. The van der Waals surface area contributed by atoms with E-state index >= 15 is 0 Å². The molecule has 2 rings (SSSR count). The maximum Gasteiger partial charge on any atom is 0.191 e. The fourth-order valence-electron chi connectivity index (χ4n) is 1.48. The lowest BCUT2D eigenvalue weighted by molar-refractivity contribution is 0.456. The topological polar surface area (TPSA) is 41.6 Å². The smallest absolute Gasteiger partial charge is 0.191 e. The van der Waals surface area contributed by atoms with E-state index in [1.807, 2.05) is 17.8 Å². The summed E-state index contributed by atoms with van der Waals surface area (Å²) in [7, 11) is 0. The normalized spacial score (nSPS) is 17.8. The molecule has 0 unspecified atom stereocenters. The van der Waals surface area contributed by atoms with Gasteiger partial charge >= 0.3 is 0 Å². The van der Waals surface area contributed by atoms with Crippen molar-refractivity contribution in [2.75, 3.05) is 24.6 Å². The Morgan fingerprint density at radius 3 is 2.88 bits per heavy atom. The molecule has 3 nitrogen and oxygen atoms in total. The van der Waals surface area contributed by atoms with Crippen LogP contribution in [0, 0.1) is 0 Å². The van der Waals surface area contributed by atoms with Crippen LogP contribution in [0.1, 0.15) is 4.88 Å². The standard InChI is InChI=1S/C10H14BrN3S2/c11-8-1-4-16-9(8)7-13-10(12)14-2-5-15-6-3-14/h1,4H,2-3,5-7H2,(H2,12,13). The van der Waals surface area contributed by atoms with Gasteiger partial charge in [0, 0.05) is 33.9 Å². The molecule has 1 fully saturated rings. The first kappa shape index (κ1) is 12.3. The van der Waals surface area contributed by atoms with Gasteiger partial charge in [0.2, 0.25) is 0 Å². The van der Waals surface area contributed by atoms with Crippen LogP contribution in [0.15, 0.2) is 20.9 Å². The van der Waals surface area contributed by atoms with Crippen LogP contribution < -0.4 is 5.73 Å². The summed E-state index contributed by atoms with van der Waals surface area (Å²) in [5.41, 5.74) is 5.97. The van der Waals surface area contributed by atoms with Gasteiger partial charge in [-0.15, -0.1) is 11.3 Å². The van der Waals surface area contributed by atoms with Crippen LogP contribution in [0.2, 0.25) is 0 Å². The average molecular weight is 320 g/mol. The molecule has 0 atom stereocenters. The van der Waals surface area contributed by atoms with E-state index in [9.17, 15) is 0 Å². The summed E-state index contributed by atoms with van der Waals surface area (Å²) >= 11 is 7.18. The highest BCUT2D eigenvalue weighted by molar-refractivity contribution is 9.10. The highest BCUT2D eigenvalue weighted by Gasteiger charge is 2.12. The van der Waals surface area contributed by atoms with Crippen LogP contribution in [-0.4, -0.2) is 35.5 Å². The zero-order valence-corrected chi connectivity index (χ0v) is 12.1. The summed E-state index contributed by atoms with van der Waals surface area (Å²) in [4.78, 5) is 7.84. The van der Waals surface area contributed by atoms with Crippen LogP contribution in [0.25, 0.3) is 0 Å². The van der Waals surface area contributed by atoms with Crippen molar-refractivity contribution in [1.29, 1.82) is 0 Å². The summed E-state index contributed by atoms with van der Waals surface area (Å²) in [6.07, 6.45) is 0. The molecule has 2 heterocycles. The number of nitrogens with two attached hydrogens (primary N) is 1. The molecule has 0 spiro atoms. The monoisotopic (exact) mass is 319 g/mol. The molecule has 1 aliphatic heterocycles. The van der Waals surface area contributed by atoms with Crippen molar-refractivity contribution in [3.05, 3.63) is 20.8 Å². The molecule has 16 heavy (non-hydrogen) atoms. The van der Waals surface area contributed by atoms with Crippen LogP contribution in [0.5, 0.6) is 0 Å². The van der Waals surface area contributed by atoms with Crippen LogP contribution in [0.3, 0.4) is 0 Å². The first-order valence-electron chi connectivity index (χ1n) is 5.12. The molecule has 1 aromatic rings. The van der Waals surface area contributed by atoms with Crippen molar-refractivity contribution in [3.8, 4) is 0 Å². The number of aliphatic imine (C=N–C) groups is 1. The van der Waals surface area contributed by atoms with Gasteiger partial charge in [0.05, 0.1) is 6.54 Å². The van der Waals surface area contributed by atoms with E-state index in [-0.39, 0.29) is 0 Å². The number of hydrogen-bond acceptors (Lipinski definition) is 3. The largest absolute Gasteiger partial charge is 0.370 e. The minimum absolute atomic E-state index is 0.674. The van der Waals surface area contributed by atoms with Gasteiger partial charge in [-0.1, -0.05) is 0 Å². The van der Waals surface area contributed by atoms with E-state index in [0.29, 0.717) is 12.5 Å². The zero-order chi connectivity index (χ0) is 11.4.